The summed E-state index contributed by atoms with van der Waals surface area (Å²) in [7, 11) is 3.36. The second-order valence-electron chi connectivity index (χ2n) is 3.66. The van der Waals surface area contributed by atoms with E-state index in [-0.39, 0.29) is 12.5 Å². The molecule has 4 nitrogen and oxygen atoms in total. The lowest BCUT2D eigenvalue weighted by Crippen LogP contribution is -2.29. The summed E-state index contributed by atoms with van der Waals surface area (Å²) in [5, 5.41) is 8.62. The average Bonchev–Trinajstić information content (AvgIpc) is 2.84. The van der Waals surface area contributed by atoms with E-state index >= 15 is 0 Å². The minimum atomic E-state index is -0.0211. The summed E-state index contributed by atoms with van der Waals surface area (Å²) in [4.78, 5) is 15.1. The molecule has 1 amide bonds. The number of aliphatic hydroxyl groups excluding tert-OH is 1. The number of amides is 1. The van der Waals surface area contributed by atoms with E-state index in [4.69, 9.17) is 9.84 Å². The highest BCUT2D eigenvalue weighted by Crippen LogP contribution is 2.17. The van der Waals surface area contributed by atoms with Gasteiger partial charge in [0.1, 0.15) is 0 Å². The van der Waals surface area contributed by atoms with Gasteiger partial charge in [-0.05, 0) is 12.1 Å². The molecule has 0 radical (unpaired) electrons. The number of likely N-dealkylation sites (N-methyl/N-ethyl adjacent to an activating group) is 1. The number of ether oxygens (including phenoxy) is 1. The van der Waals surface area contributed by atoms with Crippen LogP contribution in [0, 0.1) is 11.8 Å². The van der Waals surface area contributed by atoms with Crippen molar-refractivity contribution in [2.75, 3.05) is 33.9 Å². The minimum absolute atomic E-state index is 0.0211. The molecule has 1 aromatic heterocycles. The van der Waals surface area contributed by atoms with Gasteiger partial charge < -0.3 is 14.7 Å². The van der Waals surface area contributed by atoms with Crippen LogP contribution in [-0.4, -0.2) is 49.8 Å². The topological polar surface area (TPSA) is 49.8 Å². The van der Waals surface area contributed by atoms with Crippen LogP contribution >= 0.6 is 11.3 Å². The van der Waals surface area contributed by atoms with Crippen molar-refractivity contribution in [2.45, 2.75) is 6.42 Å². The summed E-state index contributed by atoms with van der Waals surface area (Å²) in [6.07, 6.45) is 0.453. The van der Waals surface area contributed by atoms with E-state index in [0.717, 1.165) is 4.88 Å². The monoisotopic (exact) mass is 267 g/mol. The zero-order valence-electron chi connectivity index (χ0n) is 10.6. The number of hydrogen-bond acceptors (Lipinski definition) is 4. The van der Waals surface area contributed by atoms with Crippen LogP contribution in [-0.2, 0) is 4.74 Å². The molecule has 0 atom stereocenters. The number of thiophene rings is 1. The molecule has 0 saturated heterocycles. The molecule has 0 aromatic carbocycles. The fraction of sp³-hybridized carbons (Fsp3) is 0.462. The van der Waals surface area contributed by atoms with Gasteiger partial charge in [0.05, 0.1) is 23.0 Å². The molecule has 1 heterocycles. The highest BCUT2D eigenvalue weighted by atomic mass is 32.1. The zero-order chi connectivity index (χ0) is 13.4. The third-order valence-corrected chi connectivity index (χ3v) is 3.23. The fourth-order valence-corrected chi connectivity index (χ4v) is 2.12. The standard InChI is InChI=1S/C13H17NO3S/c1-14(8-10-17-2)13(16)12-7-6-11(18-12)5-3-4-9-15/h6-7,15H,4,8-10H2,1-2H3. The summed E-state index contributed by atoms with van der Waals surface area (Å²) in [5.41, 5.74) is 0. The van der Waals surface area contributed by atoms with Crippen molar-refractivity contribution in [3.8, 4) is 11.8 Å². The van der Waals surface area contributed by atoms with E-state index in [1.165, 1.54) is 11.3 Å². The van der Waals surface area contributed by atoms with Gasteiger partial charge in [0.25, 0.3) is 5.91 Å². The summed E-state index contributed by atoms with van der Waals surface area (Å²) in [6, 6.07) is 3.60. The van der Waals surface area contributed by atoms with E-state index in [1.54, 1.807) is 25.1 Å². The molecule has 1 aromatic rings. The zero-order valence-corrected chi connectivity index (χ0v) is 11.4. The first-order valence-corrected chi connectivity index (χ1v) is 6.44. The molecule has 0 aliphatic heterocycles. The average molecular weight is 267 g/mol. The maximum absolute atomic E-state index is 12.0. The lowest BCUT2D eigenvalue weighted by molar-refractivity contribution is 0.0749. The lowest BCUT2D eigenvalue weighted by atomic mass is 10.3. The van der Waals surface area contributed by atoms with Gasteiger partial charge in [-0.25, -0.2) is 0 Å². The fourth-order valence-electron chi connectivity index (χ4n) is 1.24. The van der Waals surface area contributed by atoms with Crippen LogP contribution in [0.4, 0.5) is 0 Å². The molecule has 0 unspecified atom stereocenters. The summed E-state index contributed by atoms with van der Waals surface area (Å²) in [6.45, 7) is 1.15. The van der Waals surface area contributed by atoms with Gasteiger partial charge in [-0.3, -0.25) is 4.79 Å². The highest BCUT2D eigenvalue weighted by Gasteiger charge is 2.13. The normalized spacial score (nSPS) is 9.72. The van der Waals surface area contributed by atoms with Gasteiger partial charge in [-0.1, -0.05) is 11.8 Å². The van der Waals surface area contributed by atoms with Crippen LogP contribution in [0.25, 0.3) is 0 Å². The van der Waals surface area contributed by atoms with Gasteiger partial charge >= 0.3 is 0 Å². The summed E-state index contributed by atoms with van der Waals surface area (Å²) >= 11 is 1.37. The SMILES string of the molecule is COCCN(C)C(=O)c1ccc(C#CCCO)s1. The maximum Gasteiger partial charge on any atom is 0.263 e. The Balaban J connectivity index is 2.62. The predicted molar refractivity (Wildman–Crippen MR) is 71.7 cm³/mol. The number of carbonyl (C=O) groups excluding carboxylic acids is 1. The third-order valence-electron chi connectivity index (χ3n) is 2.24. The molecular formula is C13H17NO3S. The van der Waals surface area contributed by atoms with Crippen LogP contribution in [0.1, 0.15) is 21.0 Å². The molecule has 5 heteroatoms. The lowest BCUT2D eigenvalue weighted by Gasteiger charge is -2.15. The first kappa shape index (κ1) is 14.7. The summed E-state index contributed by atoms with van der Waals surface area (Å²) < 4.78 is 4.93. The van der Waals surface area contributed by atoms with Crippen LogP contribution in [0.5, 0.6) is 0 Å². The van der Waals surface area contributed by atoms with Crippen molar-refractivity contribution < 1.29 is 14.6 Å². The van der Waals surface area contributed by atoms with E-state index in [2.05, 4.69) is 11.8 Å². The Kier molecular flexibility index (Phi) is 6.44. The number of methoxy groups -OCH3 is 1. The Morgan fingerprint density at radius 2 is 2.33 bits per heavy atom. The largest absolute Gasteiger partial charge is 0.395 e. The van der Waals surface area contributed by atoms with Gasteiger partial charge in [-0.15, -0.1) is 11.3 Å². The van der Waals surface area contributed by atoms with Crippen LogP contribution in [0.2, 0.25) is 0 Å². The van der Waals surface area contributed by atoms with Crippen molar-refractivity contribution in [1.29, 1.82) is 0 Å². The van der Waals surface area contributed by atoms with E-state index in [9.17, 15) is 4.79 Å². The highest BCUT2D eigenvalue weighted by molar-refractivity contribution is 7.14. The first-order valence-electron chi connectivity index (χ1n) is 5.63. The second-order valence-corrected chi connectivity index (χ2v) is 4.74. The molecule has 0 spiro atoms. The summed E-state index contributed by atoms with van der Waals surface area (Å²) in [5.74, 6) is 5.73. The molecule has 1 rings (SSSR count). The van der Waals surface area contributed by atoms with Crippen molar-refractivity contribution >= 4 is 17.2 Å². The Labute approximate surface area is 111 Å². The molecule has 0 saturated carbocycles. The smallest absolute Gasteiger partial charge is 0.263 e. The van der Waals surface area contributed by atoms with Crippen molar-refractivity contribution in [3.05, 3.63) is 21.9 Å². The van der Waals surface area contributed by atoms with Crippen molar-refractivity contribution in [3.63, 3.8) is 0 Å². The van der Waals surface area contributed by atoms with Gasteiger partial charge in [0.15, 0.2) is 0 Å². The van der Waals surface area contributed by atoms with Gasteiger partial charge in [-0.2, -0.15) is 0 Å². The molecular weight excluding hydrogens is 250 g/mol. The Bertz CT molecular complexity index is 445. The predicted octanol–water partition coefficient (Wildman–Crippen LogP) is 1.20. The molecule has 1 N–H and O–H groups in total. The van der Waals surface area contributed by atoms with E-state index in [1.807, 2.05) is 6.07 Å². The van der Waals surface area contributed by atoms with Crippen molar-refractivity contribution in [1.82, 2.24) is 4.90 Å². The maximum atomic E-state index is 12.0. The first-order chi connectivity index (χ1) is 8.69. The molecule has 98 valence electrons. The Morgan fingerprint density at radius 1 is 1.56 bits per heavy atom. The van der Waals surface area contributed by atoms with Crippen molar-refractivity contribution in [2.24, 2.45) is 0 Å². The number of hydrogen-bond donors (Lipinski definition) is 1. The molecule has 0 fully saturated rings. The number of aliphatic hydroxyl groups is 1. The minimum Gasteiger partial charge on any atom is -0.395 e. The second kappa shape index (κ2) is 7.88. The van der Waals surface area contributed by atoms with E-state index < -0.39 is 0 Å². The Hall–Kier alpha value is -1.35. The number of nitrogens with zero attached hydrogens (tertiary/aromatic N) is 1. The number of rotatable bonds is 5. The molecule has 18 heavy (non-hydrogen) atoms. The Morgan fingerprint density at radius 3 is 3.00 bits per heavy atom. The third kappa shape index (κ3) is 4.49. The van der Waals surface area contributed by atoms with Crippen LogP contribution in [0.3, 0.4) is 0 Å². The van der Waals surface area contributed by atoms with Crippen LogP contribution in [0.15, 0.2) is 12.1 Å². The van der Waals surface area contributed by atoms with E-state index in [0.29, 0.717) is 24.4 Å². The molecule has 0 aliphatic carbocycles. The molecule has 0 aliphatic rings. The quantitative estimate of drug-likeness (QED) is 0.816. The number of carbonyl (C=O) groups is 1. The van der Waals surface area contributed by atoms with Gasteiger partial charge in [0, 0.05) is 27.1 Å². The molecule has 0 bridgehead atoms. The van der Waals surface area contributed by atoms with Gasteiger partial charge in [0.2, 0.25) is 0 Å². The van der Waals surface area contributed by atoms with Crippen LogP contribution < -0.4 is 0 Å².